The van der Waals surface area contributed by atoms with E-state index in [-0.39, 0.29) is 16.5 Å². The summed E-state index contributed by atoms with van der Waals surface area (Å²) in [5.41, 5.74) is 0.648. The van der Waals surface area contributed by atoms with Crippen LogP contribution in [0.2, 0.25) is 0 Å². The van der Waals surface area contributed by atoms with Crippen LogP contribution in [0, 0.1) is 10.1 Å². The molecule has 0 atom stereocenters. The van der Waals surface area contributed by atoms with Crippen molar-refractivity contribution in [2.24, 2.45) is 4.99 Å². The maximum atomic E-state index is 12.0. The molecule has 1 aliphatic heterocycles. The van der Waals surface area contributed by atoms with Gasteiger partial charge in [-0.15, -0.1) is 6.58 Å². The number of benzene rings is 1. The molecular weight excluding hydrogens is 336 g/mol. The number of rotatable bonds is 6. The topological polar surface area (TPSA) is 81.8 Å². The zero-order valence-electron chi connectivity index (χ0n) is 12.4. The van der Waals surface area contributed by atoms with Crippen molar-refractivity contribution < 1.29 is 14.5 Å². The second kappa shape index (κ2) is 7.98. The van der Waals surface area contributed by atoms with E-state index in [1.165, 1.54) is 36.0 Å². The SMILES string of the molecule is C=CCSC1=N/C(=C/c2cc([N+](=O)[O-])ccc2OCC)C(=O)S1. The lowest BCUT2D eigenvalue weighted by atomic mass is 10.1. The van der Waals surface area contributed by atoms with Crippen molar-refractivity contribution in [1.29, 1.82) is 0 Å². The summed E-state index contributed by atoms with van der Waals surface area (Å²) in [6, 6.07) is 4.27. The van der Waals surface area contributed by atoms with Gasteiger partial charge in [-0.05, 0) is 30.8 Å². The molecule has 0 amide bonds. The van der Waals surface area contributed by atoms with E-state index in [1.807, 2.05) is 6.92 Å². The molecule has 0 unspecified atom stereocenters. The Morgan fingerprint density at radius 1 is 1.52 bits per heavy atom. The molecular formula is C15H14N2O4S2. The van der Waals surface area contributed by atoms with Crippen LogP contribution in [0.4, 0.5) is 5.69 Å². The first-order chi connectivity index (χ1) is 11.0. The first-order valence-electron chi connectivity index (χ1n) is 6.72. The summed E-state index contributed by atoms with van der Waals surface area (Å²) < 4.78 is 6.10. The van der Waals surface area contributed by atoms with Crippen molar-refractivity contribution in [3.8, 4) is 5.75 Å². The van der Waals surface area contributed by atoms with Crippen molar-refractivity contribution in [3.05, 3.63) is 52.2 Å². The number of non-ortho nitro benzene ring substituents is 1. The minimum atomic E-state index is -0.489. The zero-order chi connectivity index (χ0) is 16.8. The van der Waals surface area contributed by atoms with Crippen molar-refractivity contribution in [2.45, 2.75) is 6.92 Å². The van der Waals surface area contributed by atoms with E-state index in [1.54, 1.807) is 6.08 Å². The Kier molecular flexibility index (Phi) is 6.00. The lowest BCUT2D eigenvalue weighted by Gasteiger charge is -2.07. The summed E-state index contributed by atoms with van der Waals surface area (Å²) in [5.74, 6) is 1.14. The molecule has 6 nitrogen and oxygen atoms in total. The van der Waals surface area contributed by atoms with E-state index in [9.17, 15) is 14.9 Å². The van der Waals surface area contributed by atoms with E-state index >= 15 is 0 Å². The molecule has 0 saturated heterocycles. The number of hydrogen-bond donors (Lipinski definition) is 0. The van der Waals surface area contributed by atoms with Gasteiger partial charge in [-0.3, -0.25) is 14.9 Å². The average molecular weight is 350 g/mol. The van der Waals surface area contributed by atoms with Crippen LogP contribution in [-0.4, -0.2) is 26.8 Å². The number of carbonyl (C=O) groups excluding carboxylic acids is 1. The lowest BCUT2D eigenvalue weighted by Crippen LogP contribution is -1.97. The van der Waals surface area contributed by atoms with Crippen molar-refractivity contribution >= 4 is 44.8 Å². The van der Waals surface area contributed by atoms with E-state index in [0.717, 1.165) is 11.8 Å². The Morgan fingerprint density at radius 2 is 2.30 bits per heavy atom. The lowest BCUT2D eigenvalue weighted by molar-refractivity contribution is -0.384. The van der Waals surface area contributed by atoms with Crippen LogP contribution in [0.25, 0.3) is 6.08 Å². The van der Waals surface area contributed by atoms with E-state index in [4.69, 9.17) is 4.74 Å². The molecule has 0 radical (unpaired) electrons. The predicted octanol–water partition coefficient (Wildman–Crippen LogP) is 3.88. The van der Waals surface area contributed by atoms with Crippen molar-refractivity contribution in [1.82, 2.24) is 0 Å². The predicted molar refractivity (Wildman–Crippen MR) is 94.9 cm³/mol. The van der Waals surface area contributed by atoms with Crippen LogP contribution in [0.1, 0.15) is 12.5 Å². The van der Waals surface area contributed by atoms with Gasteiger partial charge in [0.25, 0.3) is 5.69 Å². The van der Waals surface area contributed by atoms with E-state index in [2.05, 4.69) is 11.6 Å². The first kappa shape index (κ1) is 17.3. The summed E-state index contributed by atoms with van der Waals surface area (Å²) in [7, 11) is 0. The molecule has 1 aromatic rings. The maximum absolute atomic E-state index is 12.0. The molecule has 120 valence electrons. The summed E-state index contributed by atoms with van der Waals surface area (Å²) in [4.78, 5) is 26.7. The smallest absolute Gasteiger partial charge is 0.270 e. The minimum absolute atomic E-state index is 0.0661. The number of carbonyl (C=O) groups is 1. The largest absolute Gasteiger partial charge is 0.493 e. The highest BCUT2D eigenvalue weighted by Gasteiger charge is 2.23. The van der Waals surface area contributed by atoms with Crippen LogP contribution in [0.3, 0.4) is 0 Å². The number of aliphatic imine (C=N–C) groups is 1. The minimum Gasteiger partial charge on any atom is -0.493 e. The third kappa shape index (κ3) is 4.46. The van der Waals surface area contributed by atoms with Gasteiger partial charge in [0.15, 0.2) is 0 Å². The second-order valence-electron chi connectivity index (χ2n) is 4.31. The molecule has 0 N–H and O–H groups in total. The summed E-state index contributed by atoms with van der Waals surface area (Å²) in [5, 5.41) is 10.7. The van der Waals surface area contributed by atoms with Crippen molar-refractivity contribution in [3.63, 3.8) is 0 Å². The molecule has 0 fully saturated rings. The Bertz CT molecular complexity index is 713. The molecule has 0 bridgehead atoms. The van der Waals surface area contributed by atoms with Crippen LogP contribution in [0.15, 0.2) is 41.5 Å². The fraction of sp³-hybridized carbons (Fsp3) is 0.200. The van der Waals surface area contributed by atoms with Gasteiger partial charge in [-0.25, -0.2) is 4.99 Å². The molecule has 2 rings (SSSR count). The van der Waals surface area contributed by atoms with Crippen LogP contribution >= 0.6 is 23.5 Å². The fourth-order valence-electron chi connectivity index (χ4n) is 1.78. The Hall–Kier alpha value is -2.06. The highest BCUT2D eigenvalue weighted by Crippen LogP contribution is 2.33. The first-order valence-corrected chi connectivity index (χ1v) is 8.53. The number of nitro benzene ring substituents is 1. The molecule has 0 aliphatic carbocycles. The highest BCUT2D eigenvalue weighted by atomic mass is 32.2. The van der Waals surface area contributed by atoms with Crippen LogP contribution < -0.4 is 4.74 Å². The number of nitro groups is 1. The van der Waals surface area contributed by atoms with Gasteiger partial charge < -0.3 is 4.74 Å². The second-order valence-corrected chi connectivity index (χ2v) is 6.54. The van der Waals surface area contributed by atoms with Crippen LogP contribution in [0.5, 0.6) is 5.75 Å². The Labute approximate surface area is 141 Å². The molecule has 0 spiro atoms. The number of ether oxygens (including phenoxy) is 1. The Balaban J connectivity index is 2.37. The van der Waals surface area contributed by atoms with Gasteiger partial charge in [0.1, 0.15) is 15.8 Å². The molecule has 1 aliphatic rings. The molecule has 0 aromatic heterocycles. The molecule has 1 aromatic carbocycles. The molecule has 1 heterocycles. The average Bonchev–Trinajstić information content (AvgIpc) is 2.87. The number of thioether (sulfide) groups is 2. The molecule has 0 saturated carbocycles. The number of nitrogens with zero attached hydrogens (tertiary/aromatic N) is 2. The summed E-state index contributed by atoms with van der Waals surface area (Å²) in [6.07, 6.45) is 3.25. The van der Waals surface area contributed by atoms with Gasteiger partial charge in [-0.1, -0.05) is 17.8 Å². The van der Waals surface area contributed by atoms with Gasteiger partial charge in [0, 0.05) is 23.4 Å². The third-order valence-corrected chi connectivity index (χ3v) is 4.73. The van der Waals surface area contributed by atoms with Crippen LogP contribution in [-0.2, 0) is 4.79 Å². The van der Waals surface area contributed by atoms with Gasteiger partial charge in [0.05, 0.1) is 11.5 Å². The third-order valence-electron chi connectivity index (χ3n) is 2.72. The van der Waals surface area contributed by atoms with E-state index < -0.39 is 4.92 Å². The Morgan fingerprint density at radius 3 is 2.96 bits per heavy atom. The normalized spacial score (nSPS) is 15.6. The van der Waals surface area contributed by atoms with Gasteiger partial charge in [0.2, 0.25) is 5.12 Å². The van der Waals surface area contributed by atoms with Gasteiger partial charge in [-0.2, -0.15) is 0 Å². The zero-order valence-corrected chi connectivity index (χ0v) is 14.0. The standard InChI is InChI=1S/C15H14N2O4S2/c1-3-7-22-15-16-12(14(18)23-15)9-10-8-11(17(19)20)5-6-13(10)21-4-2/h3,5-6,8-9H,1,4,7H2,2H3/b12-9+. The monoisotopic (exact) mass is 350 g/mol. The quantitative estimate of drug-likeness (QED) is 0.335. The molecule has 8 heteroatoms. The maximum Gasteiger partial charge on any atom is 0.270 e. The van der Waals surface area contributed by atoms with E-state index in [0.29, 0.717) is 28.0 Å². The molecule has 23 heavy (non-hydrogen) atoms. The fourth-order valence-corrected chi connectivity index (χ4v) is 3.38. The number of hydrogen-bond acceptors (Lipinski definition) is 7. The van der Waals surface area contributed by atoms with Gasteiger partial charge >= 0.3 is 0 Å². The summed E-state index contributed by atoms with van der Waals surface area (Å²) >= 11 is 2.46. The summed E-state index contributed by atoms with van der Waals surface area (Å²) in [6.45, 7) is 5.85. The van der Waals surface area contributed by atoms with Crippen molar-refractivity contribution in [2.75, 3.05) is 12.4 Å². The highest BCUT2D eigenvalue weighted by molar-refractivity contribution is 8.45.